The Hall–Kier alpha value is -4.30. The highest BCUT2D eigenvalue weighted by Crippen LogP contribution is 2.45. The number of ether oxygens (including phenoxy) is 3. The Bertz CT molecular complexity index is 2210. The average molecular weight is 782 g/mol. The zero-order valence-corrected chi connectivity index (χ0v) is 33.9. The fourth-order valence-corrected chi connectivity index (χ4v) is 10.2. The Labute approximate surface area is 332 Å². The smallest absolute Gasteiger partial charge is 0.405 e. The molecule has 3 aliphatic rings. The fourth-order valence-electron chi connectivity index (χ4n) is 9.27. The van der Waals surface area contributed by atoms with E-state index in [9.17, 15) is 9.59 Å². The number of amides is 1. The summed E-state index contributed by atoms with van der Waals surface area (Å²) in [6.07, 6.45) is 10.2. The predicted octanol–water partition coefficient (Wildman–Crippen LogP) is 7.33. The molecular formula is C43H55N7O5S. The summed E-state index contributed by atoms with van der Waals surface area (Å²) in [4.78, 5) is 44.8. The lowest BCUT2D eigenvalue weighted by atomic mass is 9.75. The summed E-state index contributed by atoms with van der Waals surface area (Å²) in [5.41, 5.74) is 8.65. The third-order valence-corrected chi connectivity index (χ3v) is 13.3. The number of aromatic amines is 1. The van der Waals surface area contributed by atoms with Gasteiger partial charge in [-0.15, -0.1) is 11.3 Å². The SMILES string of the molecule is CC(C)CC(COC1CCCCO1)(c1cccs1)c1nc(N2CCC(N3CCC(C)(OC(N)=O)CC3)CC2)nc2ccc(-c3cn(C)c(=O)c4[nH]ccc34)cc12. The summed E-state index contributed by atoms with van der Waals surface area (Å²) in [5, 5.41) is 4.02. The molecule has 3 aliphatic heterocycles. The molecule has 0 aliphatic carbocycles. The van der Waals surface area contributed by atoms with E-state index in [0.717, 1.165) is 117 Å². The number of fused-ring (bicyclic) bond motifs is 2. The number of carbonyl (C=O) groups excluding carboxylic acids is 1. The van der Waals surface area contributed by atoms with Gasteiger partial charge in [0, 0.05) is 79.5 Å². The number of hydrogen-bond acceptors (Lipinski definition) is 10. The van der Waals surface area contributed by atoms with Crippen LogP contribution in [0.1, 0.15) is 82.7 Å². The quantitative estimate of drug-likeness (QED) is 0.141. The standard InChI is InChI=1S/C43H55N7O5S/c1-28(2)25-43(35-8-7-23-56-35,27-54-36-9-5-6-22-53-36)38-32-24-29(33-26-48(4)39(51)37-31(33)12-17-45-37)10-11-34(32)46-41(47-38)50-18-13-30(14-19-50)49-20-15-42(3,16-21-49)55-40(44)52/h7-8,10-12,17,23-24,26,28,30,36,45H,5-6,9,13-16,18-22,25,27H2,1-4H3,(H2,44,52). The van der Waals surface area contributed by atoms with Crippen molar-refractivity contribution >= 4 is 45.2 Å². The third kappa shape index (κ3) is 7.70. The Morgan fingerprint density at radius 2 is 1.89 bits per heavy atom. The van der Waals surface area contributed by atoms with Crippen LogP contribution in [0.4, 0.5) is 10.7 Å². The molecule has 12 nitrogen and oxygen atoms in total. The molecule has 0 saturated carbocycles. The van der Waals surface area contributed by atoms with Crippen LogP contribution >= 0.6 is 11.3 Å². The highest BCUT2D eigenvalue weighted by atomic mass is 32.1. The summed E-state index contributed by atoms with van der Waals surface area (Å²) in [5.74, 6) is 1.08. The average Bonchev–Trinajstić information content (AvgIpc) is 3.92. The van der Waals surface area contributed by atoms with Crippen molar-refractivity contribution in [2.45, 2.75) is 95.5 Å². The van der Waals surface area contributed by atoms with Gasteiger partial charge >= 0.3 is 6.09 Å². The predicted molar refractivity (Wildman–Crippen MR) is 221 cm³/mol. The molecular weight excluding hydrogens is 727 g/mol. The summed E-state index contributed by atoms with van der Waals surface area (Å²) < 4.78 is 20.1. The maximum absolute atomic E-state index is 13.0. The molecule has 5 aromatic rings. The summed E-state index contributed by atoms with van der Waals surface area (Å²) in [6.45, 7) is 11.1. The lowest BCUT2D eigenvalue weighted by Gasteiger charge is -2.44. The molecule has 1 aromatic carbocycles. The van der Waals surface area contributed by atoms with Gasteiger partial charge in [0.25, 0.3) is 5.56 Å². The minimum atomic E-state index is -0.699. The van der Waals surface area contributed by atoms with Gasteiger partial charge in [-0.3, -0.25) is 9.69 Å². The molecule has 56 heavy (non-hydrogen) atoms. The second-order valence-electron chi connectivity index (χ2n) is 16.7. The number of benzene rings is 1. The van der Waals surface area contributed by atoms with E-state index < -0.39 is 17.1 Å². The Morgan fingerprint density at radius 1 is 1.09 bits per heavy atom. The summed E-state index contributed by atoms with van der Waals surface area (Å²) >= 11 is 1.75. The molecule has 2 unspecified atom stereocenters. The number of thiophene rings is 1. The number of nitrogens with one attached hydrogen (secondary N) is 1. The number of primary amides is 1. The number of hydrogen-bond donors (Lipinski definition) is 2. The molecule has 3 N–H and O–H groups in total. The monoisotopic (exact) mass is 781 g/mol. The van der Waals surface area contributed by atoms with Crippen molar-refractivity contribution in [1.29, 1.82) is 0 Å². The number of aromatic nitrogens is 4. The van der Waals surface area contributed by atoms with E-state index >= 15 is 0 Å². The van der Waals surface area contributed by atoms with Crippen LogP contribution < -0.4 is 16.2 Å². The van der Waals surface area contributed by atoms with Gasteiger partial charge in [-0.25, -0.2) is 14.8 Å². The van der Waals surface area contributed by atoms with Gasteiger partial charge in [0.05, 0.1) is 23.2 Å². The van der Waals surface area contributed by atoms with Gasteiger partial charge in [-0.05, 0) is 99.4 Å². The number of likely N-dealkylation sites (tertiary alicyclic amines) is 1. The van der Waals surface area contributed by atoms with Crippen molar-refractivity contribution in [3.05, 3.63) is 75.1 Å². The van der Waals surface area contributed by atoms with E-state index in [1.807, 2.05) is 25.4 Å². The molecule has 1 amide bonds. The minimum Gasteiger partial charge on any atom is -0.443 e. The molecule has 0 spiro atoms. The van der Waals surface area contributed by atoms with Crippen molar-refractivity contribution < 1.29 is 19.0 Å². The van der Waals surface area contributed by atoms with Gasteiger partial charge in [0.1, 0.15) is 11.1 Å². The Balaban J connectivity index is 1.20. The number of anilines is 1. The molecule has 8 rings (SSSR count). The molecule has 13 heteroatoms. The number of piperidine rings is 2. The van der Waals surface area contributed by atoms with Crippen molar-refractivity contribution in [2.24, 2.45) is 18.7 Å². The van der Waals surface area contributed by atoms with Gasteiger partial charge in [-0.1, -0.05) is 26.0 Å². The van der Waals surface area contributed by atoms with Crippen LogP contribution in [-0.4, -0.2) is 87.8 Å². The third-order valence-electron chi connectivity index (χ3n) is 12.2. The summed E-state index contributed by atoms with van der Waals surface area (Å²) in [6, 6.07) is 13.2. The van der Waals surface area contributed by atoms with Crippen molar-refractivity contribution in [2.75, 3.05) is 44.3 Å². The number of rotatable bonds is 11. The van der Waals surface area contributed by atoms with Crippen LogP contribution in [0.3, 0.4) is 0 Å². The first-order chi connectivity index (χ1) is 27.0. The van der Waals surface area contributed by atoms with Crippen molar-refractivity contribution in [1.82, 2.24) is 24.4 Å². The highest BCUT2D eigenvalue weighted by molar-refractivity contribution is 7.10. The number of nitrogens with two attached hydrogens (primary N) is 1. The van der Waals surface area contributed by atoms with Crippen LogP contribution in [0.15, 0.2) is 59.0 Å². The van der Waals surface area contributed by atoms with Crippen LogP contribution in [0.5, 0.6) is 0 Å². The first kappa shape index (κ1) is 38.6. The van der Waals surface area contributed by atoms with Crippen LogP contribution in [0, 0.1) is 5.92 Å². The normalized spacial score (nSPS) is 20.8. The first-order valence-electron chi connectivity index (χ1n) is 20.3. The molecule has 3 saturated heterocycles. The largest absolute Gasteiger partial charge is 0.443 e. The molecule has 2 atom stereocenters. The van der Waals surface area contributed by atoms with E-state index in [1.165, 1.54) is 4.88 Å². The van der Waals surface area contributed by atoms with E-state index in [-0.39, 0.29) is 11.8 Å². The van der Waals surface area contributed by atoms with Gasteiger partial charge in [0.15, 0.2) is 6.29 Å². The highest BCUT2D eigenvalue weighted by Gasteiger charge is 2.42. The molecule has 7 heterocycles. The van der Waals surface area contributed by atoms with Crippen molar-refractivity contribution in [3.63, 3.8) is 0 Å². The van der Waals surface area contributed by atoms with E-state index in [0.29, 0.717) is 30.7 Å². The van der Waals surface area contributed by atoms with Crippen LogP contribution in [0.25, 0.3) is 32.9 Å². The maximum Gasteiger partial charge on any atom is 0.405 e. The number of carbonyl (C=O) groups is 1. The zero-order valence-electron chi connectivity index (χ0n) is 33.1. The van der Waals surface area contributed by atoms with E-state index in [2.05, 4.69) is 64.3 Å². The van der Waals surface area contributed by atoms with Gasteiger partial charge in [0.2, 0.25) is 5.95 Å². The minimum absolute atomic E-state index is 0.0569. The topological polar surface area (TPSA) is 141 Å². The molecule has 3 fully saturated rings. The van der Waals surface area contributed by atoms with E-state index in [4.69, 9.17) is 29.9 Å². The Morgan fingerprint density at radius 3 is 2.59 bits per heavy atom. The van der Waals surface area contributed by atoms with Gasteiger partial charge in [-0.2, -0.15) is 0 Å². The second-order valence-corrected chi connectivity index (χ2v) is 17.7. The van der Waals surface area contributed by atoms with Crippen LogP contribution in [-0.2, 0) is 26.7 Å². The fraction of sp³-hybridized carbons (Fsp3) is 0.535. The lowest BCUT2D eigenvalue weighted by molar-refractivity contribution is -0.170. The van der Waals surface area contributed by atoms with Gasteiger partial charge < -0.3 is 34.4 Å². The number of aryl methyl sites for hydroxylation is 1. The molecule has 298 valence electrons. The van der Waals surface area contributed by atoms with Crippen molar-refractivity contribution in [3.8, 4) is 11.1 Å². The summed E-state index contributed by atoms with van der Waals surface area (Å²) in [7, 11) is 1.80. The zero-order chi connectivity index (χ0) is 39.0. The second kappa shape index (κ2) is 15.9. The number of H-pyrrole nitrogens is 1. The number of pyridine rings is 1. The number of nitrogens with zero attached hydrogens (tertiary/aromatic N) is 5. The Kier molecular flexibility index (Phi) is 11.0. The molecule has 4 aromatic heterocycles. The molecule has 0 radical (unpaired) electrons. The maximum atomic E-state index is 13.0. The lowest BCUT2D eigenvalue weighted by Crippen LogP contribution is -2.52. The van der Waals surface area contributed by atoms with Crippen LogP contribution in [0.2, 0.25) is 0 Å². The van der Waals surface area contributed by atoms with E-state index in [1.54, 1.807) is 23.0 Å². The first-order valence-corrected chi connectivity index (χ1v) is 21.1. The molecule has 0 bridgehead atoms.